The number of ketones is 1. The molecule has 0 radical (unpaired) electrons. The number of Topliss-reactive ketones (excluding diaryl/α,β-unsaturated/α-hetero) is 1. The predicted molar refractivity (Wildman–Crippen MR) is 70.0 cm³/mol. The maximum atomic E-state index is 12.2. The van der Waals surface area contributed by atoms with Crippen LogP contribution in [0.4, 0.5) is 14.5 Å². The Morgan fingerprint density at radius 1 is 1.40 bits per heavy atom. The van der Waals surface area contributed by atoms with E-state index in [9.17, 15) is 13.6 Å². The van der Waals surface area contributed by atoms with Crippen molar-refractivity contribution >= 4 is 11.5 Å². The van der Waals surface area contributed by atoms with E-state index in [1.807, 2.05) is 0 Å². The molecule has 1 fully saturated rings. The van der Waals surface area contributed by atoms with Crippen LogP contribution >= 0.6 is 0 Å². The van der Waals surface area contributed by atoms with Crippen molar-refractivity contribution in [2.24, 2.45) is 5.92 Å². The highest BCUT2D eigenvalue weighted by Crippen LogP contribution is 2.27. The van der Waals surface area contributed by atoms with Crippen LogP contribution < -0.4 is 10.5 Å². The molecule has 0 bridgehead atoms. The van der Waals surface area contributed by atoms with E-state index in [0.717, 1.165) is 12.8 Å². The van der Waals surface area contributed by atoms with Crippen molar-refractivity contribution in [2.75, 3.05) is 18.9 Å². The third-order valence-electron chi connectivity index (χ3n) is 3.37. The lowest BCUT2D eigenvalue weighted by atomic mass is 9.92. The first kappa shape index (κ1) is 14.7. The summed E-state index contributed by atoms with van der Waals surface area (Å²) in [6.45, 7) is -1.63. The number of hydrogen-bond acceptors (Lipinski definition) is 4. The molecule has 0 atom stereocenters. The van der Waals surface area contributed by atoms with Crippen LogP contribution in [0.25, 0.3) is 0 Å². The van der Waals surface area contributed by atoms with Gasteiger partial charge in [0.25, 0.3) is 0 Å². The summed E-state index contributed by atoms with van der Waals surface area (Å²) in [7, 11) is 0. The maximum Gasteiger partial charge on any atom is 0.387 e. The minimum atomic E-state index is -2.96. The Bertz CT molecular complexity index is 473. The van der Waals surface area contributed by atoms with Crippen molar-refractivity contribution in [3.05, 3.63) is 23.8 Å². The van der Waals surface area contributed by atoms with Crippen molar-refractivity contribution in [2.45, 2.75) is 25.9 Å². The Morgan fingerprint density at radius 2 is 2.10 bits per heavy atom. The highest BCUT2D eigenvalue weighted by Gasteiger charge is 2.19. The molecule has 1 saturated heterocycles. The van der Waals surface area contributed by atoms with Crippen molar-refractivity contribution in [1.29, 1.82) is 0 Å². The van der Waals surface area contributed by atoms with Crippen LogP contribution in [-0.4, -0.2) is 25.6 Å². The average Bonchev–Trinajstić information content (AvgIpc) is 2.42. The van der Waals surface area contributed by atoms with E-state index < -0.39 is 6.61 Å². The molecule has 1 aromatic rings. The number of hydrogen-bond donors (Lipinski definition) is 1. The van der Waals surface area contributed by atoms with Gasteiger partial charge in [0.05, 0.1) is 5.69 Å². The Balaban J connectivity index is 2.05. The van der Waals surface area contributed by atoms with E-state index in [-0.39, 0.29) is 23.1 Å². The van der Waals surface area contributed by atoms with Gasteiger partial charge in [-0.05, 0) is 37.0 Å². The molecule has 0 spiro atoms. The van der Waals surface area contributed by atoms with Crippen LogP contribution in [0.5, 0.6) is 5.75 Å². The topological polar surface area (TPSA) is 61.6 Å². The fourth-order valence-electron chi connectivity index (χ4n) is 2.24. The van der Waals surface area contributed by atoms with Gasteiger partial charge in [0, 0.05) is 25.2 Å². The highest BCUT2D eigenvalue weighted by atomic mass is 19.3. The minimum Gasteiger partial charge on any atom is -0.433 e. The second-order valence-electron chi connectivity index (χ2n) is 4.81. The summed E-state index contributed by atoms with van der Waals surface area (Å²) in [5.74, 6) is 0.0436. The first-order valence-electron chi connectivity index (χ1n) is 6.51. The van der Waals surface area contributed by atoms with Crippen molar-refractivity contribution < 1.29 is 23.0 Å². The highest BCUT2D eigenvalue weighted by molar-refractivity contribution is 5.97. The molecular weight excluding hydrogens is 268 g/mol. The molecule has 110 valence electrons. The van der Waals surface area contributed by atoms with Crippen LogP contribution in [0, 0.1) is 5.92 Å². The standard InChI is InChI=1S/C14H17F2NO3/c15-14(16)20-13-8-10(1-2-11(13)17)12(18)7-9-3-5-19-6-4-9/h1-2,8-9,14H,3-7,17H2. The zero-order valence-corrected chi connectivity index (χ0v) is 11.0. The average molecular weight is 285 g/mol. The second kappa shape index (κ2) is 6.65. The van der Waals surface area contributed by atoms with Gasteiger partial charge in [-0.3, -0.25) is 4.79 Å². The summed E-state index contributed by atoms with van der Waals surface area (Å²) >= 11 is 0. The van der Waals surface area contributed by atoms with E-state index in [0.29, 0.717) is 25.2 Å². The molecule has 4 nitrogen and oxygen atoms in total. The SMILES string of the molecule is Nc1ccc(C(=O)CC2CCOCC2)cc1OC(F)F. The predicted octanol–water partition coefficient (Wildman–Crippen LogP) is 2.87. The van der Waals surface area contributed by atoms with Crippen LogP contribution in [0.15, 0.2) is 18.2 Å². The van der Waals surface area contributed by atoms with Crippen molar-refractivity contribution in [1.82, 2.24) is 0 Å². The van der Waals surface area contributed by atoms with Gasteiger partial charge >= 0.3 is 6.61 Å². The number of ether oxygens (including phenoxy) is 2. The number of rotatable bonds is 5. The third kappa shape index (κ3) is 3.90. The summed E-state index contributed by atoms with van der Waals surface area (Å²) in [6.07, 6.45) is 2.09. The van der Waals surface area contributed by atoms with Crippen molar-refractivity contribution in [3.8, 4) is 5.75 Å². The summed E-state index contributed by atoms with van der Waals surface area (Å²) in [6, 6.07) is 4.23. The minimum absolute atomic E-state index is 0.0870. The summed E-state index contributed by atoms with van der Waals surface area (Å²) in [5.41, 5.74) is 5.98. The normalized spacial score (nSPS) is 16.4. The largest absolute Gasteiger partial charge is 0.433 e. The smallest absolute Gasteiger partial charge is 0.387 e. The lowest BCUT2D eigenvalue weighted by Crippen LogP contribution is -2.18. The second-order valence-corrected chi connectivity index (χ2v) is 4.81. The zero-order chi connectivity index (χ0) is 14.5. The van der Waals surface area contributed by atoms with E-state index in [1.54, 1.807) is 0 Å². The van der Waals surface area contributed by atoms with Crippen molar-refractivity contribution in [3.63, 3.8) is 0 Å². The number of halogens is 2. The monoisotopic (exact) mass is 285 g/mol. The quantitative estimate of drug-likeness (QED) is 0.667. The lowest BCUT2D eigenvalue weighted by molar-refractivity contribution is -0.0493. The number of benzene rings is 1. The summed E-state index contributed by atoms with van der Waals surface area (Å²) in [4.78, 5) is 12.1. The van der Waals surface area contributed by atoms with Gasteiger partial charge in [0.2, 0.25) is 0 Å². The Morgan fingerprint density at radius 3 is 2.75 bits per heavy atom. The van der Waals surface area contributed by atoms with E-state index >= 15 is 0 Å². The van der Waals surface area contributed by atoms with Gasteiger partial charge in [-0.15, -0.1) is 0 Å². The van der Waals surface area contributed by atoms with E-state index in [2.05, 4.69) is 4.74 Å². The molecule has 1 aliphatic rings. The molecule has 0 aliphatic carbocycles. The number of nitrogens with two attached hydrogens (primary N) is 1. The maximum absolute atomic E-state index is 12.2. The van der Waals surface area contributed by atoms with Crippen LogP contribution in [0.1, 0.15) is 29.6 Å². The van der Waals surface area contributed by atoms with Gasteiger partial charge < -0.3 is 15.2 Å². The van der Waals surface area contributed by atoms with Crippen LogP contribution in [0.3, 0.4) is 0 Å². The van der Waals surface area contributed by atoms with E-state index in [4.69, 9.17) is 10.5 Å². The molecule has 2 rings (SSSR count). The molecule has 0 saturated carbocycles. The first-order chi connectivity index (χ1) is 9.56. The molecule has 20 heavy (non-hydrogen) atoms. The molecule has 2 N–H and O–H groups in total. The molecule has 6 heteroatoms. The summed E-state index contributed by atoms with van der Waals surface area (Å²) < 4.78 is 34.0. The Hall–Kier alpha value is -1.69. The van der Waals surface area contributed by atoms with Gasteiger partial charge in [0.1, 0.15) is 5.75 Å². The molecule has 1 heterocycles. The van der Waals surface area contributed by atoms with Gasteiger partial charge in [-0.2, -0.15) is 8.78 Å². The third-order valence-corrected chi connectivity index (χ3v) is 3.37. The van der Waals surface area contributed by atoms with Crippen LogP contribution in [0.2, 0.25) is 0 Å². The molecule has 1 aliphatic heterocycles. The number of nitrogen functional groups attached to an aromatic ring is 1. The number of carbonyl (C=O) groups is 1. The van der Waals surface area contributed by atoms with Gasteiger partial charge in [0.15, 0.2) is 5.78 Å². The van der Waals surface area contributed by atoms with E-state index in [1.165, 1.54) is 18.2 Å². The van der Waals surface area contributed by atoms with Crippen LogP contribution in [-0.2, 0) is 4.74 Å². The molecule has 0 amide bonds. The number of alkyl halides is 2. The molecule has 1 aromatic carbocycles. The molecular formula is C14H17F2NO3. The van der Waals surface area contributed by atoms with Gasteiger partial charge in [-0.25, -0.2) is 0 Å². The number of anilines is 1. The fourth-order valence-corrected chi connectivity index (χ4v) is 2.24. The molecule has 0 unspecified atom stereocenters. The fraction of sp³-hybridized carbons (Fsp3) is 0.500. The first-order valence-corrected chi connectivity index (χ1v) is 6.51. The van der Waals surface area contributed by atoms with Gasteiger partial charge in [-0.1, -0.05) is 0 Å². The number of carbonyl (C=O) groups excluding carboxylic acids is 1. The summed E-state index contributed by atoms with van der Waals surface area (Å²) in [5, 5.41) is 0. The Kier molecular flexibility index (Phi) is 4.89. The molecule has 0 aromatic heterocycles. The lowest BCUT2D eigenvalue weighted by Gasteiger charge is -2.21. The Labute approximate surface area is 115 Å². The zero-order valence-electron chi connectivity index (χ0n) is 11.0.